The first-order chi connectivity index (χ1) is 8.57. The molecule has 4 nitrogen and oxygen atoms in total. The second-order valence-electron chi connectivity index (χ2n) is 3.60. The third kappa shape index (κ3) is 2.44. The molecule has 0 aromatic heterocycles. The highest BCUT2D eigenvalue weighted by molar-refractivity contribution is 5.94. The lowest BCUT2D eigenvalue weighted by atomic mass is 9.96. The molecule has 0 N–H and O–H groups in total. The van der Waals surface area contributed by atoms with Crippen LogP contribution in [0.15, 0.2) is 23.2 Å². The molecule has 102 valence electrons. The molecule has 0 atom stereocenters. The quantitative estimate of drug-likeness (QED) is 0.709. The maximum Gasteiger partial charge on any atom is 0.345 e. The Kier molecular flexibility index (Phi) is 4.63. The van der Waals surface area contributed by atoms with Crippen LogP contribution in [0, 0.1) is 0 Å². The van der Waals surface area contributed by atoms with Crippen LogP contribution in [0.1, 0.15) is 0 Å². The minimum absolute atomic E-state index is 0.222. The Labute approximate surface area is 102 Å². The van der Waals surface area contributed by atoms with E-state index < -0.39 is 37.5 Å². The predicted molar refractivity (Wildman–Crippen MR) is 55.9 cm³/mol. The van der Waals surface area contributed by atoms with Gasteiger partial charge in [-0.1, -0.05) is 0 Å². The average Bonchev–Trinajstić information content (AvgIpc) is 2.44. The van der Waals surface area contributed by atoms with Gasteiger partial charge in [0.15, 0.2) is 5.60 Å². The van der Waals surface area contributed by atoms with Crippen molar-refractivity contribution in [1.29, 1.82) is 0 Å². The van der Waals surface area contributed by atoms with Crippen LogP contribution in [0.2, 0.25) is 0 Å². The lowest BCUT2D eigenvalue weighted by Gasteiger charge is -2.31. The van der Waals surface area contributed by atoms with Crippen LogP contribution in [-0.4, -0.2) is 45.8 Å². The van der Waals surface area contributed by atoms with Crippen molar-refractivity contribution < 1.29 is 32.2 Å². The minimum atomic E-state index is -1.95. The molecule has 0 aliphatic carbocycles. The van der Waals surface area contributed by atoms with Crippen molar-refractivity contribution in [3.05, 3.63) is 23.2 Å². The molecule has 0 aromatic rings. The monoisotopic (exact) mass is 266 g/mol. The van der Waals surface area contributed by atoms with Gasteiger partial charge in [-0.15, -0.1) is 0 Å². The molecule has 18 heavy (non-hydrogen) atoms. The molecule has 0 saturated heterocycles. The van der Waals surface area contributed by atoms with E-state index in [4.69, 9.17) is 9.47 Å². The summed E-state index contributed by atoms with van der Waals surface area (Å²) in [5, 5.41) is 0. The van der Waals surface area contributed by atoms with Crippen LogP contribution in [-0.2, 0) is 19.0 Å². The maximum atomic E-state index is 12.9. The van der Waals surface area contributed by atoms with Crippen LogP contribution in [0.5, 0.6) is 0 Å². The van der Waals surface area contributed by atoms with Crippen molar-refractivity contribution in [2.45, 2.75) is 5.60 Å². The lowest BCUT2D eigenvalue weighted by molar-refractivity contribution is -0.137. The molecule has 0 spiro atoms. The molecule has 0 radical (unpaired) electrons. The van der Waals surface area contributed by atoms with Crippen molar-refractivity contribution >= 4 is 5.97 Å². The first-order valence-corrected chi connectivity index (χ1v) is 5.03. The Balaban J connectivity index is 3.28. The first-order valence-electron chi connectivity index (χ1n) is 5.03. The molecule has 1 aliphatic rings. The molecule has 1 rings (SSSR count). The average molecular weight is 266 g/mol. The number of methoxy groups -OCH3 is 2. The van der Waals surface area contributed by atoms with Crippen molar-refractivity contribution in [1.82, 2.24) is 0 Å². The number of carbonyl (C=O) groups excluding carboxylic acids is 1. The molecule has 0 amide bonds. The molecule has 0 aromatic carbocycles. The van der Waals surface area contributed by atoms with Crippen molar-refractivity contribution in [3.8, 4) is 0 Å². The van der Waals surface area contributed by atoms with E-state index in [1.165, 1.54) is 0 Å². The summed E-state index contributed by atoms with van der Waals surface area (Å²) >= 11 is 0. The summed E-state index contributed by atoms with van der Waals surface area (Å²) in [5.41, 5.74) is -2.48. The normalized spacial score (nSPS) is 17.9. The van der Waals surface area contributed by atoms with E-state index in [0.717, 1.165) is 20.3 Å². The number of rotatable bonds is 5. The summed E-state index contributed by atoms with van der Waals surface area (Å²) in [7, 11) is 2.23. The van der Waals surface area contributed by atoms with Gasteiger partial charge in [0.1, 0.15) is 25.6 Å². The number of hydrogen-bond acceptors (Lipinski definition) is 4. The largest absolute Gasteiger partial charge is 0.468 e. The fraction of sp³-hybridized carbons (Fsp3) is 0.545. The Morgan fingerprint density at radius 1 is 1.33 bits per heavy atom. The second kappa shape index (κ2) is 5.79. The van der Waals surface area contributed by atoms with E-state index in [1.54, 1.807) is 0 Å². The number of alkyl halides is 3. The van der Waals surface area contributed by atoms with Crippen LogP contribution >= 0.6 is 0 Å². The van der Waals surface area contributed by atoms with Gasteiger partial charge in [0.2, 0.25) is 0 Å². The van der Waals surface area contributed by atoms with Gasteiger partial charge in [-0.3, -0.25) is 0 Å². The minimum Gasteiger partial charge on any atom is -0.468 e. The zero-order valence-electron chi connectivity index (χ0n) is 9.97. The summed E-state index contributed by atoms with van der Waals surface area (Å²) in [5.74, 6) is -1.35. The van der Waals surface area contributed by atoms with Gasteiger partial charge >= 0.3 is 5.97 Å². The van der Waals surface area contributed by atoms with Crippen LogP contribution < -0.4 is 0 Å². The van der Waals surface area contributed by atoms with Crippen LogP contribution in [0.4, 0.5) is 13.2 Å². The van der Waals surface area contributed by atoms with Crippen molar-refractivity contribution in [2.24, 2.45) is 0 Å². The Morgan fingerprint density at radius 2 is 1.94 bits per heavy atom. The van der Waals surface area contributed by atoms with Gasteiger partial charge in [0, 0.05) is 5.57 Å². The fourth-order valence-electron chi connectivity index (χ4n) is 1.52. The SMILES string of the molecule is COC(=O)C1=C(OC)OC(CF)(CF)C=C1CF. The molecule has 1 aliphatic heterocycles. The van der Waals surface area contributed by atoms with E-state index in [1.807, 2.05) is 0 Å². The molecule has 1 heterocycles. The third-order valence-corrected chi connectivity index (χ3v) is 2.43. The fourth-order valence-corrected chi connectivity index (χ4v) is 1.52. The van der Waals surface area contributed by atoms with Crippen molar-refractivity contribution in [2.75, 3.05) is 34.2 Å². The summed E-state index contributed by atoms with van der Waals surface area (Å²) in [6.45, 7) is -3.52. The highest BCUT2D eigenvalue weighted by atomic mass is 19.1. The van der Waals surface area contributed by atoms with Gasteiger partial charge < -0.3 is 14.2 Å². The van der Waals surface area contributed by atoms with E-state index in [0.29, 0.717) is 0 Å². The van der Waals surface area contributed by atoms with E-state index in [9.17, 15) is 18.0 Å². The van der Waals surface area contributed by atoms with Gasteiger partial charge in [-0.05, 0) is 6.08 Å². The molecular weight excluding hydrogens is 253 g/mol. The highest BCUT2D eigenvalue weighted by Gasteiger charge is 2.40. The maximum absolute atomic E-state index is 12.9. The summed E-state index contributed by atoms with van der Waals surface area (Å²) in [6, 6.07) is 0. The Morgan fingerprint density at radius 3 is 2.33 bits per heavy atom. The Bertz CT molecular complexity index is 386. The number of carbonyl (C=O) groups is 1. The van der Waals surface area contributed by atoms with Gasteiger partial charge in [0.25, 0.3) is 5.95 Å². The Hall–Kier alpha value is -1.66. The first kappa shape index (κ1) is 14.4. The number of esters is 1. The highest BCUT2D eigenvalue weighted by Crippen LogP contribution is 2.33. The van der Waals surface area contributed by atoms with Gasteiger partial charge in [-0.2, -0.15) is 0 Å². The second-order valence-corrected chi connectivity index (χ2v) is 3.60. The summed E-state index contributed by atoms with van der Waals surface area (Å²) < 4.78 is 52.7. The van der Waals surface area contributed by atoms with E-state index >= 15 is 0 Å². The molecule has 0 bridgehead atoms. The zero-order chi connectivity index (χ0) is 13.8. The topological polar surface area (TPSA) is 44.8 Å². The smallest absolute Gasteiger partial charge is 0.345 e. The number of ether oxygens (including phenoxy) is 3. The van der Waals surface area contributed by atoms with Crippen molar-refractivity contribution in [3.63, 3.8) is 0 Å². The van der Waals surface area contributed by atoms with Gasteiger partial charge in [0.05, 0.1) is 14.2 Å². The number of hydrogen-bond donors (Lipinski definition) is 0. The van der Waals surface area contributed by atoms with E-state index in [-0.39, 0.29) is 11.1 Å². The predicted octanol–water partition coefficient (Wildman–Crippen LogP) is 1.62. The zero-order valence-corrected chi connectivity index (χ0v) is 9.97. The summed E-state index contributed by atoms with van der Waals surface area (Å²) in [6.07, 6.45) is 0.905. The van der Waals surface area contributed by atoms with Crippen LogP contribution in [0.25, 0.3) is 0 Å². The standard InChI is InChI=1S/C11H13F3O4/c1-16-9(15)8-7(4-12)3-11(5-13,6-14)18-10(8)17-2/h3H,4-6H2,1-2H3. The molecular formula is C11H13F3O4. The van der Waals surface area contributed by atoms with E-state index in [2.05, 4.69) is 4.74 Å². The lowest BCUT2D eigenvalue weighted by Crippen LogP contribution is -2.40. The molecule has 0 fully saturated rings. The third-order valence-electron chi connectivity index (χ3n) is 2.43. The van der Waals surface area contributed by atoms with Gasteiger partial charge in [-0.25, -0.2) is 18.0 Å². The molecule has 7 heteroatoms. The summed E-state index contributed by atoms with van der Waals surface area (Å²) in [4.78, 5) is 11.5. The number of halogens is 3. The molecule has 0 unspecified atom stereocenters. The van der Waals surface area contributed by atoms with Crippen LogP contribution in [0.3, 0.4) is 0 Å². The molecule has 0 saturated carbocycles.